The van der Waals surface area contributed by atoms with E-state index in [1.54, 1.807) is 24.3 Å². The number of carbonyl (C=O) groups is 1. The monoisotopic (exact) mass is 362 g/mol. The first kappa shape index (κ1) is 18.8. The fourth-order valence-corrected chi connectivity index (χ4v) is 3.20. The number of benzene rings is 2. The summed E-state index contributed by atoms with van der Waals surface area (Å²) in [7, 11) is -2.08. The lowest BCUT2D eigenvalue weighted by Crippen LogP contribution is -2.37. The summed E-state index contributed by atoms with van der Waals surface area (Å²) in [6, 6.07) is 12.2. The Morgan fingerprint density at radius 2 is 1.76 bits per heavy atom. The lowest BCUT2D eigenvalue weighted by atomic mass is 10.1. The first-order valence-electron chi connectivity index (χ1n) is 7.69. The Bertz CT molecular complexity index is 861. The minimum Gasteiger partial charge on any atom is -0.497 e. The summed E-state index contributed by atoms with van der Waals surface area (Å²) in [4.78, 5) is 12.4. The van der Waals surface area contributed by atoms with Gasteiger partial charge in [-0.1, -0.05) is 12.1 Å². The molecule has 0 aliphatic rings. The Labute approximate surface area is 148 Å². The SMILES string of the molecule is COc1ccc(N(CC(=O)Nc2cc(C)ccc2C)S(C)(=O)=O)cc1. The molecule has 0 spiro atoms. The van der Waals surface area contributed by atoms with Crippen LogP contribution >= 0.6 is 0 Å². The standard InChI is InChI=1S/C18H22N2O4S/c1-13-5-6-14(2)17(11-13)19-18(21)12-20(25(4,22)23)15-7-9-16(24-3)10-8-15/h5-11H,12H2,1-4H3,(H,19,21). The van der Waals surface area contributed by atoms with Gasteiger partial charge in [0, 0.05) is 5.69 Å². The summed E-state index contributed by atoms with van der Waals surface area (Å²) in [5.41, 5.74) is 3.00. The molecule has 25 heavy (non-hydrogen) atoms. The van der Waals surface area contributed by atoms with E-state index >= 15 is 0 Å². The van der Waals surface area contributed by atoms with Crippen LogP contribution in [0.5, 0.6) is 5.75 Å². The number of hydrogen-bond donors (Lipinski definition) is 1. The van der Waals surface area contributed by atoms with Crippen LogP contribution in [0, 0.1) is 13.8 Å². The highest BCUT2D eigenvalue weighted by Crippen LogP contribution is 2.22. The van der Waals surface area contributed by atoms with Gasteiger partial charge in [-0.3, -0.25) is 9.10 Å². The maximum atomic E-state index is 12.4. The second kappa shape index (κ2) is 7.57. The summed E-state index contributed by atoms with van der Waals surface area (Å²) in [6.45, 7) is 3.50. The zero-order chi connectivity index (χ0) is 18.6. The molecule has 2 rings (SSSR count). The third kappa shape index (κ3) is 4.96. The molecule has 0 unspecified atom stereocenters. The van der Waals surface area contributed by atoms with Gasteiger partial charge in [-0.2, -0.15) is 0 Å². The van der Waals surface area contributed by atoms with E-state index in [9.17, 15) is 13.2 Å². The third-order valence-electron chi connectivity index (χ3n) is 3.72. The quantitative estimate of drug-likeness (QED) is 0.857. The molecule has 0 saturated carbocycles. The average molecular weight is 362 g/mol. The number of amides is 1. The molecule has 7 heteroatoms. The summed E-state index contributed by atoms with van der Waals surface area (Å²) >= 11 is 0. The predicted octanol–water partition coefficient (Wildman–Crippen LogP) is 2.72. The van der Waals surface area contributed by atoms with Gasteiger partial charge in [0.2, 0.25) is 15.9 Å². The van der Waals surface area contributed by atoms with Gasteiger partial charge in [-0.05, 0) is 55.3 Å². The predicted molar refractivity (Wildman–Crippen MR) is 99.7 cm³/mol. The van der Waals surface area contributed by atoms with Gasteiger partial charge in [-0.15, -0.1) is 0 Å². The largest absolute Gasteiger partial charge is 0.497 e. The van der Waals surface area contributed by atoms with Gasteiger partial charge < -0.3 is 10.1 Å². The van der Waals surface area contributed by atoms with Crippen LogP contribution in [-0.2, 0) is 14.8 Å². The molecule has 6 nitrogen and oxygen atoms in total. The van der Waals surface area contributed by atoms with Crippen LogP contribution in [0.25, 0.3) is 0 Å². The van der Waals surface area contributed by atoms with Gasteiger partial charge in [0.25, 0.3) is 0 Å². The molecule has 2 aromatic rings. The van der Waals surface area contributed by atoms with Gasteiger partial charge in [0.05, 0.1) is 19.1 Å². The summed E-state index contributed by atoms with van der Waals surface area (Å²) in [5.74, 6) is 0.201. The Morgan fingerprint density at radius 1 is 1.12 bits per heavy atom. The van der Waals surface area contributed by atoms with Crippen LogP contribution < -0.4 is 14.4 Å². The molecule has 0 aromatic heterocycles. The van der Waals surface area contributed by atoms with Crippen molar-refractivity contribution >= 4 is 27.3 Å². The van der Waals surface area contributed by atoms with Gasteiger partial charge in [-0.25, -0.2) is 8.42 Å². The zero-order valence-corrected chi connectivity index (χ0v) is 15.6. The number of sulfonamides is 1. The molecular formula is C18H22N2O4S. The molecule has 2 aromatic carbocycles. The number of anilines is 2. The number of hydrogen-bond acceptors (Lipinski definition) is 4. The molecule has 0 fully saturated rings. The first-order chi connectivity index (χ1) is 11.7. The molecule has 0 saturated heterocycles. The number of nitrogens with one attached hydrogen (secondary N) is 1. The normalized spacial score (nSPS) is 11.0. The molecule has 0 radical (unpaired) electrons. The molecule has 0 heterocycles. The maximum absolute atomic E-state index is 12.4. The van der Waals surface area contributed by atoms with Gasteiger partial charge >= 0.3 is 0 Å². The van der Waals surface area contributed by atoms with E-state index in [-0.39, 0.29) is 6.54 Å². The second-order valence-corrected chi connectivity index (χ2v) is 7.74. The van der Waals surface area contributed by atoms with Gasteiger partial charge in [0.15, 0.2) is 0 Å². The molecule has 0 atom stereocenters. The van der Waals surface area contributed by atoms with E-state index in [0.717, 1.165) is 21.7 Å². The Balaban J connectivity index is 2.22. The highest BCUT2D eigenvalue weighted by atomic mass is 32.2. The average Bonchev–Trinajstić information content (AvgIpc) is 2.55. The van der Waals surface area contributed by atoms with Crippen molar-refractivity contribution in [3.05, 3.63) is 53.6 Å². The Hall–Kier alpha value is -2.54. The number of ether oxygens (including phenoxy) is 1. The highest BCUT2D eigenvalue weighted by Gasteiger charge is 2.21. The number of methoxy groups -OCH3 is 1. The van der Waals surface area contributed by atoms with Crippen LogP contribution in [0.15, 0.2) is 42.5 Å². The van der Waals surface area contributed by atoms with Crippen molar-refractivity contribution in [2.24, 2.45) is 0 Å². The first-order valence-corrected chi connectivity index (χ1v) is 9.54. The molecular weight excluding hydrogens is 340 g/mol. The van der Waals surface area contributed by atoms with Crippen LogP contribution in [0.2, 0.25) is 0 Å². The minimum absolute atomic E-state index is 0.307. The third-order valence-corrected chi connectivity index (χ3v) is 4.86. The number of aryl methyl sites for hydroxylation is 2. The van der Waals surface area contributed by atoms with Crippen molar-refractivity contribution in [3.8, 4) is 5.75 Å². The molecule has 0 bridgehead atoms. The summed E-state index contributed by atoms with van der Waals surface area (Å²) in [6.07, 6.45) is 1.07. The fourth-order valence-electron chi connectivity index (χ4n) is 2.34. The van der Waals surface area contributed by atoms with Crippen molar-refractivity contribution in [1.29, 1.82) is 0 Å². The molecule has 0 aliphatic heterocycles. The highest BCUT2D eigenvalue weighted by molar-refractivity contribution is 7.92. The van der Waals surface area contributed by atoms with Crippen molar-refractivity contribution in [3.63, 3.8) is 0 Å². The van der Waals surface area contributed by atoms with Crippen molar-refractivity contribution in [1.82, 2.24) is 0 Å². The number of rotatable bonds is 6. The van der Waals surface area contributed by atoms with Crippen LogP contribution in [0.3, 0.4) is 0 Å². The molecule has 0 aliphatic carbocycles. The lowest BCUT2D eigenvalue weighted by Gasteiger charge is -2.22. The van der Waals surface area contributed by atoms with E-state index in [2.05, 4.69) is 5.32 Å². The Morgan fingerprint density at radius 3 is 2.32 bits per heavy atom. The van der Waals surface area contributed by atoms with Crippen LogP contribution in [-0.4, -0.2) is 34.2 Å². The van der Waals surface area contributed by atoms with Gasteiger partial charge in [0.1, 0.15) is 12.3 Å². The molecule has 134 valence electrons. The number of carbonyl (C=O) groups excluding carboxylic acids is 1. The zero-order valence-electron chi connectivity index (χ0n) is 14.7. The number of nitrogens with zero attached hydrogens (tertiary/aromatic N) is 1. The van der Waals surface area contributed by atoms with Crippen LogP contribution in [0.4, 0.5) is 11.4 Å². The van der Waals surface area contributed by atoms with E-state index in [1.165, 1.54) is 7.11 Å². The van der Waals surface area contributed by atoms with Crippen molar-refractivity contribution < 1.29 is 17.9 Å². The molecule has 1 N–H and O–H groups in total. The van der Waals surface area contributed by atoms with Crippen molar-refractivity contribution in [2.45, 2.75) is 13.8 Å². The van der Waals surface area contributed by atoms with E-state index in [4.69, 9.17) is 4.74 Å². The van der Waals surface area contributed by atoms with E-state index in [1.807, 2.05) is 32.0 Å². The second-order valence-electron chi connectivity index (χ2n) is 5.83. The maximum Gasteiger partial charge on any atom is 0.245 e. The minimum atomic E-state index is -3.61. The lowest BCUT2D eigenvalue weighted by molar-refractivity contribution is -0.114. The molecule has 1 amide bonds. The Kier molecular flexibility index (Phi) is 5.69. The topological polar surface area (TPSA) is 75.7 Å². The van der Waals surface area contributed by atoms with E-state index < -0.39 is 15.9 Å². The summed E-state index contributed by atoms with van der Waals surface area (Å²) in [5, 5.41) is 2.78. The summed E-state index contributed by atoms with van der Waals surface area (Å²) < 4.78 is 30.4. The van der Waals surface area contributed by atoms with Crippen LogP contribution in [0.1, 0.15) is 11.1 Å². The smallest absolute Gasteiger partial charge is 0.245 e. The fraction of sp³-hybridized carbons (Fsp3) is 0.278. The van der Waals surface area contributed by atoms with Crippen molar-refractivity contribution in [2.75, 3.05) is 29.5 Å². The van der Waals surface area contributed by atoms with E-state index in [0.29, 0.717) is 17.1 Å².